The lowest BCUT2D eigenvalue weighted by Crippen LogP contribution is -2.21. The number of carbonyl (C=O) groups is 1. The number of benzene rings is 1. The molecule has 0 aromatic heterocycles. The summed E-state index contributed by atoms with van der Waals surface area (Å²) in [4.78, 5) is 25.1. The maximum atomic E-state index is 11.1. The molecule has 1 heterocycles. The minimum absolute atomic E-state index is 0.191. The van der Waals surface area contributed by atoms with Gasteiger partial charge in [-0.05, 0) is 61.8 Å². The first kappa shape index (κ1) is 19.4. The van der Waals surface area contributed by atoms with Crippen LogP contribution in [0.4, 0.5) is 11.4 Å². The molecule has 1 atom stereocenters. The van der Waals surface area contributed by atoms with Crippen molar-refractivity contribution in [3.63, 3.8) is 0 Å². The van der Waals surface area contributed by atoms with Gasteiger partial charge in [0.25, 0.3) is 0 Å². The van der Waals surface area contributed by atoms with Gasteiger partial charge < -0.3 is 10.0 Å². The van der Waals surface area contributed by atoms with Gasteiger partial charge in [-0.25, -0.2) is 4.99 Å². The number of nitrogens with zero attached hydrogens (tertiary/aromatic N) is 3. The first-order valence-electron chi connectivity index (χ1n) is 9.17. The van der Waals surface area contributed by atoms with E-state index in [4.69, 9.17) is 10.1 Å². The minimum atomic E-state index is -1.40. The minimum Gasteiger partial charge on any atom is -0.481 e. The van der Waals surface area contributed by atoms with Crippen LogP contribution in [0, 0.1) is 0 Å². The van der Waals surface area contributed by atoms with Gasteiger partial charge in [-0.15, -0.1) is 0 Å². The van der Waals surface area contributed by atoms with Crippen LogP contribution in [-0.2, 0) is 4.79 Å². The van der Waals surface area contributed by atoms with Crippen LogP contribution in [0.25, 0.3) is 0 Å². The number of aliphatic imine (C=N–C) groups is 2. The molecule has 2 aliphatic rings. The van der Waals surface area contributed by atoms with Crippen LogP contribution in [0.15, 0.2) is 56.2 Å². The van der Waals surface area contributed by atoms with Gasteiger partial charge in [-0.2, -0.15) is 10.0 Å². The molecule has 1 aromatic rings. The van der Waals surface area contributed by atoms with Crippen molar-refractivity contribution in [3.8, 4) is 0 Å². The number of hydrogen-bond donors (Lipinski definition) is 1. The second-order valence-corrected chi connectivity index (χ2v) is 10.5. The average molecular weight is 386 g/mol. The molecule has 27 heavy (non-hydrogen) atoms. The van der Waals surface area contributed by atoms with Gasteiger partial charge in [0.1, 0.15) is 0 Å². The zero-order chi connectivity index (χ0) is 19.6. The lowest BCUT2D eigenvalue weighted by Gasteiger charge is -2.43. The fourth-order valence-corrected chi connectivity index (χ4v) is 6.76. The summed E-state index contributed by atoms with van der Waals surface area (Å²) >= 11 is 0. The third-order valence-corrected chi connectivity index (χ3v) is 8.60. The Balaban J connectivity index is 2.13. The SMILES string of the molecule is CCN=C1C=CC2=Nc3ccc(N(C)C)cc3S(C)(CCCC(=O)O)C2=C1. The molecule has 1 N–H and O–H groups in total. The van der Waals surface area contributed by atoms with Crippen molar-refractivity contribution in [2.24, 2.45) is 9.98 Å². The Morgan fingerprint density at radius 1 is 1.30 bits per heavy atom. The van der Waals surface area contributed by atoms with E-state index in [-0.39, 0.29) is 6.42 Å². The van der Waals surface area contributed by atoms with Gasteiger partial charge in [0.2, 0.25) is 0 Å². The van der Waals surface area contributed by atoms with Crippen molar-refractivity contribution >= 4 is 38.8 Å². The molecule has 144 valence electrons. The molecule has 0 saturated carbocycles. The molecule has 0 radical (unpaired) electrons. The van der Waals surface area contributed by atoms with Gasteiger partial charge in [0.15, 0.2) is 0 Å². The molecule has 6 heteroatoms. The summed E-state index contributed by atoms with van der Waals surface area (Å²) in [7, 11) is 2.67. The molecule has 3 rings (SSSR count). The van der Waals surface area contributed by atoms with E-state index in [1.54, 1.807) is 0 Å². The Labute approximate surface area is 162 Å². The van der Waals surface area contributed by atoms with Crippen LogP contribution in [0.3, 0.4) is 0 Å². The summed E-state index contributed by atoms with van der Waals surface area (Å²) in [5, 5.41) is 9.12. The molecule has 1 aliphatic carbocycles. The van der Waals surface area contributed by atoms with E-state index in [9.17, 15) is 4.79 Å². The van der Waals surface area contributed by atoms with Crippen LogP contribution in [-0.4, -0.2) is 55.1 Å². The highest BCUT2D eigenvalue weighted by atomic mass is 32.3. The molecule has 5 nitrogen and oxygen atoms in total. The fourth-order valence-electron chi connectivity index (χ4n) is 3.45. The molecular weight excluding hydrogens is 358 g/mol. The van der Waals surface area contributed by atoms with Gasteiger partial charge in [0, 0.05) is 42.5 Å². The van der Waals surface area contributed by atoms with Gasteiger partial charge in [0.05, 0.1) is 17.1 Å². The summed E-state index contributed by atoms with van der Waals surface area (Å²) in [5.41, 5.74) is 4.10. The fraction of sp³-hybridized carbons (Fsp3) is 0.381. The lowest BCUT2D eigenvalue weighted by atomic mass is 10.1. The van der Waals surface area contributed by atoms with Crippen LogP contribution >= 0.6 is 10.0 Å². The smallest absolute Gasteiger partial charge is 0.303 e. The summed E-state index contributed by atoms with van der Waals surface area (Å²) in [6, 6.07) is 6.40. The van der Waals surface area contributed by atoms with Crippen molar-refractivity contribution in [1.82, 2.24) is 0 Å². The number of allylic oxidation sites excluding steroid dienone is 4. The van der Waals surface area contributed by atoms with E-state index >= 15 is 0 Å². The molecular formula is C21H27N3O2S. The molecule has 0 fully saturated rings. The predicted molar refractivity (Wildman–Crippen MR) is 117 cm³/mol. The number of hydrogen-bond acceptors (Lipinski definition) is 4. The van der Waals surface area contributed by atoms with Crippen molar-refractivity contribution in [1.29, 1.82) is 0 Å². The van der Waals surface area contributed by atoms with Crippen LogP contribution in [0.1, 0.15) is 19.8 Å². The van der Waals surface area contributed by atoms with Crippen molar-refractivity contribution < 1.29 is 9.90 Å². The van der Waals surface area contributed by atoms with E-state index < -0.39 is 16.0 Å². The molecule has 0 spiro atoms. The predicted octanol–water partition coefficient (Wildman–Crippen LogP) is 4.41. The average Bonchev–Trinajstić information content (AvgIpc) is 2.62. The lowest BCUT2D eigenvalue weighted by molar-refractivity contribution is -0.137. The Kier molecular flexibility index (Phi) is 5.56. The van der Waals surface area contributed by atoms with Crippen molar-refractivity contribution in [2.45, 2.75) is 24.7 Å². The highest BCUT2D eigenvalue weighted by Crippen LogP contribution is 2.66. The largest absolute Gasteiger partial charge is 0.481 e. The Bertz CT molecular complexity index is 883. The molecule has 0 saturated heterocycles. The van der Waals surface area contributed by atoms with E-state index in [2.05, 4.69) is 46.5 Å². The quantitative estimate of drug-likeness (QED) is 0.738. The van der Waals surface area contributed by atoms with Gasteiger partial charge in [-0.3, -0.25) is 9.79 Å². The maximum Gasteiger partial charge on any atom is 0.303 e. The summed E-state index contributed by atoms with van der Waals surface area (Å²) < 4.78 is 0. The molecule has 0 bridgehead atoms. The number of carboxylic acid groups (broad SMARTS) is 1. The third-order valence-electron chi connectivity index (χ3n) is 4.90. The zero-order valence-corrected chi connectivity index (χ0v) is 17.2. The highest BCUT2D eigenvalue weighted by molar-refractivity contribution is 8.37. The Morgan fingerprint density at radius 3 is 2.74 bits per heavy atom. The second-order valence-electron chi connectivity index (χ2n) is 7.07. The molecule has 1 aliphatic heterocycles. The van der Waals surface area contributed by atoms with E-state index in [0.29, 0.717) is 6.42 Å². The van der Waals surface area contributed by atoms with Gasteiger partial charge >= 0.3 is 5.97 Å². The monoisotopic (exact) mass is 385 g/mol. The number of carboxylic acids is 1. The van der Waals surface area contributed by atoms with Crippen LogP contribution in [0.5, 0.6) is 0 Å². The topological polar surface area (TPSA) is 65.3 Å². The van der Waals surface area contributed by atoms with Crippen molar-refractivity contribution in [2.75, 3.05) is 37.5 Å². The number of anilines is 1. The number of aliphatic carboxylic acids is 1. The van der Waals surface area contributed by atoms with Gasteiger partial charge in [-0.1, -0.05) is 0 Å². The zero-order valence-electron chi connectivity index (χ0n) is 16.4. The van der Waals surface area contributed by atoms with E-state index in [1.165, 1.54) is 9.80 Å². The summed E-state index contributed by atoms with van der Waals surface area (Å²) in [6.45, 7) is 2.77. The summed E-state index contributed by atoms with van der Waals surface area (Å²) in [6.07, 6.45) is 9.36. The second kappa shape index (κ2) is 7.72. The Morgan fingerprint density at radius 2 is 2.07 bits per heavy atom. The van der Waals surface area contributed by atoms with Crippen molar-refractivity contribution in [3.05, 3.63) is 41.3 Å². The molecule has 1 aromatic carbocycles. The van der Waals surface area contributed by atoms with E-state index in [0.717, 1.165) is 35.1 Å². The van der Waals surface area contributed by atoms with Crippen LogP contribution in [0.2, 0.25) is 0 Å². The number of rotatable bonds is 6. The first-order valence-corrected chi connectivity index (χ1v) is 11.4. The molecule has 1 unspecified atom stereocenters. The normalized spacial score (nSPS) is 24.4. The molecule has 0 amide bonds. The standard InChI is InChI=1S/C21H27N3O2S/c1-5-22-15-8-10-17-19(13-15)27(4,12-6-7-21(25)26)20-14-16(24(2)3)9-11-18(20)23-17/h8-11,13-14H,5-7,12H2,1-4H3,(H,25,26). The number of fused-ring (bicyclic) bond motifs is 2. The maximum absolute atomic E-state index is 11.1. The first-order chi connectivity index (χ1) is 12.8. The van der Waals surface area contributed by atoms with E-state index in [1.807, 2.05) is 27.1 Å². The van der Waals surface area contributed by atoms with Crippen LogP contribution < -0.4 is 4.90 Å². The Hall–Kier alpha value is -2.34. The summed E-state index contributed by atoms with van der Waals surface area (Å²) in [5.74, 6) is 0.0945. The third kappa shape index (κ3) is 3.86. The highest BCUT2D eigenvalue weighted by Gasteiger charge is 2.35.